The average molecular weight is 393 g/mol. The average Bonchev–Trinajstić information content (AvgIpc) is 3.17. The molecule has 0 spiro atoms. The van der Waals surface area contributed by atoms with Gasteiger partial charge in [-0.1, -0.05) is 36.6 Å². The van der Waals surface area contributed by atoms with Gasteiger partial charge in [-0.3, -0.25) is 14.5 Å². The van der Waals surface area contributed by atoms with Crippen LogP contribution in [0.15, 0.2) is 24.3 Å². The predicted octanol–water partition coefficient (Wildman–Crippen LogP) is 3.72. The number of piperidine rings is 1. The Bertz CT molecular complexity index is 635. The Morgan fingerprint density at radius 1 is 1.15 bits per heavy atom. The largest absolute Gasteiger partial charge is 0.466 e. The second-order valence-electron chi connectivity index (χ2n) is 7.51. The summed E-state index contributed by atoms with van der Waals surface area (Å²) in [6, 6.07) is 7.46. The minimum absolute atomic E-state index is 0.0545. The maximum atomic E-state index is 13.1. The molecular weight excluding hydrogens is 364 g/mol. The summed E-state index contributed by atoms with van der Waals surface area (Å²) in [5.41, 5.74) is 0.949. The molecule has 3 rings (SSSR count). The molecular formula is C21H29ClN2O3. The highest BCUT2D eigenvalue weighted by molar-refractivity contribution is 6.30. The summed E-state index contributed by atoms with van der Waals surface area (Å²) in [6.07, 6.45) is 5.93. The molecule has 1 saturated carbocycles. The third kappa shape index (κ3) is 5.23. The highest BCUT2D eigenvalue weighted by atomic mass is 35.5. The molecule has 1 aromatic rings. The van der Waals surface area contributed by atoms with Gasteiger partial charge >= 0.3 is 5.97 Å². The van der Waals surface area contributed by atoms with Gasteiger partial charge in [0.1, 0.15) is 6.04 Å². The van der Waals surface area contributed by atoms with Crippen LogP contribution < -0.4 is 5.32 Å². The van der Waals surface area contributed by atoms with Crippen LogP contribution in [-0.4, -0.2) is 42.5 Å². The van der Waals surface area contributed by atoms with Crippen LogP contribution in [0.5, 0.6) is 0 Å². The van der Waals surface area contributed by atoms with E-state index < -0.39 is 0 Å². The van der Waals surface area contributed by atoms with Crippen molar-refractivity contribution in [3.63, 3.8) is 0 Å². The van der Waals surface area contributed by atoms with Crippen LogP contribution in [0.25, 0.3) is 0 Å². The maximum absolute atomic E-state index is 13.1. The quantitative estimate of drug-likeness (QED) is 0.749. The summed E-state index contributed by atoms with van der Waals surface area (Å²) in [4.78, 5) is 27.3. The third-order valence-electron chi connectivity index (χ3n) is 5.65. The molecule has 0 aromatic heterocycles. The Balaban J connectivity index is 1.71. The first-order valence-electron chi connectivity index (χ1n) is 10.0. The number of rotatable bonds is 6. The molecule has 148 valence electrons. The van der Waals surface area contributed by atoms with Gasteiger partial charge in [0.05, 0.1) is 12.5 Å². The van der Waals surface area contributed by atoms with E-state index in [4.69, 9.17) is 16.3 Å². The molecule has 1 N–H and O–H groups in total. The van der Waals surface area contributed by atoms with E-state index in [1.54, 1.807) is 0 Å². The molecule has 27 heavy (non-hydrogen) atoms. The summed E-state index contributed by atoms with van der Waals surface area (Å²) < 4.78 is 5.16. The number of esters is 1. The van der Waals surface area contributed by atoms with Gasteiger partial charge in [-0.25, -0.2) is 0 Å². The molecule has 2 fully saturated rings. The standard InChI is InChI=1S/C21H29ClN2O3/c1-2-27-21(26)16-11-13-24(14-12-16)19(15-7-9-17(22)10-8-15)20(25)23-18-5-3-4-6-18/h7-10,16,18-19H,2-6,11-14H2,1H3,(H,23,25). The molecule has 5 nitrogen and oxygen atoms in total. The van der Waals surface area contributed by atoms with Crippen LogP contribution in [0.2, 0.25) is 5.02 Å². The van der Waals surface area contributed by atoms with Crippen LogP contribution in [0.4, 0.5) is 0 Å². The number of nitrogens with zero attached hydrogens (tertiary/aromatic N) is 1. The van der Waals surface area contributed by atoms with Crippen molar-refractivity contribution in [3.05, 3.63) is 34.9 Å². The Morgan fingerprint density at radius 3 is 2.37 bits per heavy atom. The van der Waals surface area contributed by atoms with Crippen molar-refractivity contribution in [1.82, 2.24) is 10.2 Å². The molecule has 1 aliphatic heterocycles. The lowest BCUT2D eigenvalue weighted by Gasteiger charge is -2.36. The fraction of sp³-hybridized carbons (Fsp3) is 0.619. The number of halogens is 1. The van der Waals surface area contributed by atoms with Crippen molar-refractivity contribution < 1.29 is 14.3 Å². The monoisotopic (exact) mass is 392 g/mol. The van der Waals surface area contributed by atoms with Crippen LogP contribution in [0, 0.1) is 5.92 Å². The smallest absolute Gasteiger partial charge is 0.309 e. The first kappa shape index (κ1) is 20.2. The molecule has 1 atom stereocenters. The number of ether oxygens (including phenoxy) is 1. The van der Waals surface area contributed by atoms with E-state index in [9.17, 15) is 9.59 Å². The van der Waals surface area contributed by atoms with Gasteiger partial charge in [0.15, 0.2) is 0 Å². The van der Waals surface area contributed by atoms with Crippen molar-refractivity contribution in [2.45, 2.75) is 57.5 Å². The van der Waals surface area contributed by atoms with E-state index in [0.29, 0.717) is 24.7 Å². The normalized spacial score (nSPS) is 20.4. The number of benzene rings is 1. The predicted molar refractivity (Wildman–Crippen MR) is 106 cm³/mol. The van der Waals surface area contributed by atoms with E-state index in [0.717, 1.165) is 31.2 Å². The molecule has 1 saturated heterocycles. The van der Waals surface area contributed by atoms with E-state index in [2.05, 4.69) is 10.2 Å². The summed E-state index contributed by atoms with van der Waals surface area (Å²) in [5, 5.41) is 3.90. The number of amides is 1. The molecule has 1 aromatic carbocycles. The topological polar surface area (TPSA) is 58.6 Å². The van der Waals surface area contributed by atoms with Gasteiger partial charge in [-0.2, -0.15) is 0 Å². The Morgan fingerprint density at radius 2 is 1.78 bits per heavy atom. The SMILES string of the molecule is CCOC(=O)C1CCN(C(C(=O)NC2CCCC2)c2ccc(Cl)cc2)CC1. The number of likely N-dealkylation sites (tertiary alicyclic amines) is 1. The van der Waals surface area contributed by atoms with E-state index in [-0.39, 0.29) is 29.9 Å². The summed E-state index contributed by atoms with van der Waals surface area (Å²) in [6.45, 7) is 3.65. The van der Waals surface area contributed by atoms with Crippen molar-refractivity contribution >= 4 is 23.5 Å². The molecule has 2 aliphatic rings. The lowest BCUT2D eigenvalue weighted by atomic mass is 9.93. The second-order valence-corrected chi connectivity index (χ2v) is 7.94. The molecule has 6 heteroatoms. The Kier molecular flexibility index (Phi) is 7.13. The van der Waals surface area contributed by atoms with Crippen LogP contribution >= 0.6 is 11.6 Å². The second kappa shape index (κ2) is 9.56. The zero-order chi connectivity index (χ0) is 19.2. The van der Waals surface area contributed by atoms with Gasteiger partial charge in [0.2, 0.25) is 5.91 Å². The first-order valence-corrected chi connectivity index (χ1v) is 10.4. The van der Waals surface area contributed by atoms with Crippen LogP contribution in [0.1, 0.15) is 57.1 Å². The van der Waals surface area contributed by atoms with Crippen molar-refractivity contribution in [2.75, 3.05) is 19.7 Å². The summed E-state index contributed by atoms with van der Waals surface area (Å²) >= 11 is 6.04. The molecule has 1 amide bonds. The molecule has 0 bridgehead atoms. The number of hydrogen-bond donors (Lipinski definition) is 1. The number of carbonyl (C=O) groups excluding carboxylic acids is 2. The number of carbonyl (C=O) groups is 2. The molecule has 0 radical (unpaired) electrons. The summed E-state index contributed by atoms with van der Waals surface area (Å²) in [7, 11) is 0. The first-order chi connectivity index (χ1) is 13.1. The van der Waals surface area contributed by atoms with Crippen LogP contribution in [-0.2, 0) is 14.3 Å². The highest BCUT2D eigenvalue weighted by Crippen LogP contribution is 2.29. The van der Waals surface area contributed by atoms with Gasteiger partial charge in [0.25, 0.3) is 0 Å². The van der Waals surface area contributed by atoms with E-state index >= 15 is 0 Å². The fourth-order valence-corrected chi connectivity index (χ4v) is 4.30. The van der Waals surface area contributed by atoms with Gasteiger partial charge in [0, 0.05) is 24.2 Å². The minimum Gasteiger partial charge on any atom is -0.466 e. The van der Waals surface area contributed by atoms with Crippen molar-refractivity contribution in [2.24, 2.45) is 5.92 Å². The van der Waals surface area contributed by atoms with Gasteiger partial charge in [-0.05, 0) is 50.3 Å². The van der Waals surface area contributed by atoms with Crippen LogP contribution in [0.3, 0.4) is 0 Å². The minimum atomic E-state index is -0.342. The van der Waals surface area contributed by atoms with E-state index in [1.165, 1.54) is 12.8 Å². The highest BCUT2D eigenvalue weighted by Gasteiger charge is 2.34. The number of nitrogens with one attached hydrogen (secondary N) is 1. The third-order valence-corrected chi connectivity index (χ3v) is 5.90. The number of hydrogen-bond acceptors (Lipinski definition) is 4. The Hall–Kier alpha value is -1.59. The lowest BCUT2D eigenvalue weighted by molar-refractivity contribution is -0.150. The van der Waals surface area contributed by atoms with Gasteiger partial charge < -0.3 is 10.1 Å². The molecule has 1 aliphatic carbocycles. The maximum Gasteiger partial charge on any atom is 0.309 e. The molecule has 1 unspecified atom stereocenters. The van der Waals surface area contributed by atoms with Gasteiger partial charge in [-0.15, -0.1) is 0 Å². The Labute approximate surface area is 166 Å². The zero-order valence-electron chi connectivity index (χ0n) is 16.0. The lowest BCUT2D eigenvalue weighted by Crippen LogP contribution is -2.47. The van der Waals surface area contributed by atoms with Crippen molar-refractivity contribution in [3.8, 4) is 0 Å². The fourth-order valence-electron chi connectivity index (χ4n) is 4.18. The van der Waals surface area contributed by atoms with E-state index in [1.807, 2.05) is 31.2 Å². The summed E-state index contributed by atoms with van der Waals surface area (Å²) in [5.74, 6) is -0.126. The molecule has 1 heterocycles. The zero-order valence-corrected chi connectivity index (χ0v) is 16.7. The van der Waals surface area contributed by atoms with Crippen molar-refractivity contribution in [1.29, 1.82) is 0 Å².